The lowest BCUT2D eigenvalue weighted by Crippen LogP contribution is -2.22. The third-order valence-electron chi connectivity index (χ3n) is 4.88. The van der Waals surface area contributed by atoms with Crippen LogP contribution in [0.4, 0.5) is 0 Å². The lowest BCUT2D eigenvalue weighted by Gasteiger charge is -2.13. The van der Waals surface area contributed by atoms with Gasteiger partial charge in [0.1, 0.15) is 12.1 Å². The van der Waals surface area contributed by atoms with Crippen LogP contribution in [0.25, 0.3) is 27.9 Å². The molecule has 1 aromatic carbocycles. The van der Waals surface area contributed by atoms with Gasteiger partial charge in [0, 0.05) is 23.2 Å². The Morgan fingerprint density at radius 1 is 1.14 bits per heavy atom. The molecule has 144 valence electrons. The number of aryl methyl sites for hydroxylation is 2. The van der Waals surface area contributed by atoms with Crippen molar-refractivity contribution in [3.63, 3.8) is 0 Å². The fraction of sp³-hybridized carbons (Fsp3) is 0.143. The minimum Gasteiger partial charge on any atom is -0.496 e. The molecule has 0 aliphatic rings. The normalized spacial score (nSPS) is 11.3. The van der Waals surface area contributed by atoms with E-state index in [2.05, 4.69) is 21.1 Å². The van der Waals surface area contributed by atoms with E-state index >= 15 is 0 Å². The van der Waals surface area contributed by atoms with E-state index in [4.69, 9.17) is 4.74 Å². The van der Waals surface area contributed by atoms with Gasteiger partial charge in [-0.15, -0.1) is 11.3 Å². The van der Waals surface area contributed by atoms with Crippen molar-refractivity contribution in [3.05, 3.63) is 75.6 Å². The molecule has 0 aliphatic carbocycles. The maximum Gasteiger partial charge on any atom is 0.262 e. The van der Waals surface area contributed by atoms with Crippen LogP contribution in [0.2, 0.25) is 0 Å². The SMILES string of the molecule is COc1ccccc1-c1c2c(=O)n(CCc3cccs3)ccc2nc2ncnn12. The Morgan fingerprint density at radius 3 is 2.86 bits per heavy atom. The summed E-state index contributed by atoms with van der Waals surface area (Å²) in [7, 11) is 1.61. The number of hydrogen-bond donors (Lipinski definition) is 0. The molecule has 0 radical (unpaired) electrons. The van der Waals surface area contributed by atoms with Crippen LogP contribution >= 0.6 is 11.3 Å². The van der Waals surface area contributed by atoms with Gasteiger partial charge in [-0.05, 0) is 36.1 Å². The summed E-state index contributed by atoms with van der Waals surface area (Å²) in [5.74, 6) is 1.10. The number of aromatic nitrogens is 5. The summed E-state index contributed by atoms with van der Waals surface area (Å²) in [4.78, 5) is 23.5. The quantitative estimate of drug-likeness (QED) is 0.450. The molecule has 0 atom stereocenters. The highest BCUT2D eigenvalue weighted by Crippen LogP contribution is 2.33. The lowest BCUT2D eigenvalue weighted by molar-refractivity contribution is 0.416. The largest absolute Gasteiger partial charge is 0.496 e. The molecule has 0 aliphatic heterocycles. The Balaban J connectivity index is 1.77. The van der Waals surface area contributed by atoms with Crippen molar-refractivity contribution in [3.8, 4) is 17.0 Å². The number of benzene rings is 1. The van der Waals surface area contributed by atoms with E-state index in [-0.39, 0.29) is 5.56 Å². The minimum absolute atomic E-state index is 0.107. The smallest absolute Gasteiger partial charge is 0.262 e. The van der Waals surface area contributed by atoms with Crippen LogP contribution in [0.5, 0.6) is 5.75 Å². The van der Waals surface area contributed by atoms with Gasteiger partial charge in [-0.1, -0.05) is 18.2 Å². The molecular weight excluding hydrogens is 386 g/mol. The number of thiophene rings is 1. The maximum atomic E-state index is 13.5. The molecule has 0 amide bonds. The third-order valence-corrected chi connectivity index (χ3v) is 5.82. The van der Waals surface area contributed by atoms with E-state index in [1.165, 1.54) is 11.2 Å². The predicted molar refractivity (Wildman–Crippen MR) is 113 cm³/mol. The summed E-state index contributed by atoms with van der Waals surface area (Å²) in [5.41, 5.74) is 1.88. The van der Waals surface area contributed by atoms with Crippen LogP contribution in [0.3, 0.4) is 0 Å². The van der Waals surface area contributed by atoms with E-state index in [9.17, 15) is 4.79 Å². The molecule has 0 spiro atoms. The molecule has 0 fully saturated rings. The van der Waals surface area contributed by atoms with E-state index in [1.54, 1.807) is 33.7 Å². The first-order chi connectivity index (χ1) is 14.3. The fourth-order valence-electron chi connectivity index (χ4n) is 3.51. The van der Waals surface area contributed by atoms with Gasteiger partial charge in [0.2, 0.25) is 0 Å². The maximum absolute atomic E-state index is 13.5. The first-order valence-electron chi connectivity index (χ1n) is 9.15. The van der Waals surface area contributed by atoms with Gasteiger partial charge in [-0.25, -0.2) is 4.98 Å². The molecule has 0 bridgehead atoms. The monoisotopic (exact) mass is 403 g/mol. The number of methoxy groups -OCH3 is 1. The second-order valence-corrected chi connectivity index (χ2v) is 7.57. The average Bonchev–Trinajstić information content (AvgIpc) is 3.43. The Labute approximate surface area is 169 Å². The number of nitrogens with zero attached hydrogens (tertiary/aromatic N) is 5. The molecule has 4 aromatic heterocycles. The van der Waals surface area contributed by atoms with Gasteiger partial charge in [0.25, 0.3) is 11.3 Å². The summed E-state index contributed by atoms with van der Waals surface area (Å²) in [6.07, 6.45) is 4.03. The van der Waals surface area contributed by atoms with Crippen molar-refractivity contribution in [1.29, 1.82) is 0 Å². The zero-order chi connectivity index (χ0) is 19.8. The highest BCUT2D eigenvalue weighted by molar-refractivity contribution is 7.09. The summed E-state index contributed by atoms with van der Waals surface area (Å²) < 4.78 is 8.88. The Hall–Kier alpha value is -3.52. The molecule has 4 heterocycles. The predicted octanol–water partition coefficient (Wildman–Crippen LogP) is 3.42. The highest BCUT2D eigenvalue weighted by atomic mass is 32.1. The highest BCUT2D eigenvalue weighted by Gasteiger charge is 2.19. The standard InChI is InChI=1S/C21H17N5O2S/c1-28-17-7-3-2-6-15(17)19-18-16(24-21-22-13-23-26(19)21)9-11-25(20(18)27)10-8-14-5-4-12-29-14/h2-7,9,11-13H,8,10H2,1H3. The van der Waals surface area contributed by atoms with Crippen molar-refractivity contribution < 1.29 is 4.74 Å². The van der Waals surface area contributed by atoms with Crippen molar-refractivity contribution in [2.24, 2.45) is 0 Å². The Kier molecular flexibility index (Phi) is 4.33. The third kappa shape index (κ3) is 2.98. The van der Waals surface area contributed by atoms with Gasteiger partial charge >= 0.3 is 0 Å². The summed E-state index contributed by atoms with van der Waals surface area (Å²) >= 11 is 1.69. The molecule has 0 saturated heterocycles. The van der Waals surface area contributed by atoms with Crippen molar-refractivity contribution >= 4 is 28.0 Å². The van der Waals surface area contributed by atoms with Gasteiger partial charge in [0.15, 0.2) is 0 Å². The molecule has 0 unspecified atom stereocenters. The number of fused-ring (bicyclic) bond motifs is 2. The van der Waals surface area contributed by atoms with Crippen molar-refractivity contribution in [2.75, 3.05) is 7.11 Å². The zero-order valence-electron chi connectivity index (χ0n) is 15.6. The summed E-state index contributed by atoms with van der Waals surface area (Å²) in [6.45, 7) is 0.593. The van der Waals surface area contributed by atoms with Gasteiger partial charge < -0.3 is 9.30 Å². The summed E-state index contributed by atoms with van der Waals surface area (Å²) in [6, 6.07) is 13.5. The van der Waals surface area contributed by atoms with E-state index in [0.717, 1.165) is 12.0 Å². The molecule has 5 aromatic rings. The second-order valence-electron chi connectivity index (χ2n) is 6.54. The van der Waals surface area contributed by atoms with E-state index in [0.29, 0.717) is 34.7 Å². The zero-order valence-corrected chi connectivity index (χ0v) is 16.5. The number of ether oxygens (including phenoxy) is 1. The first kappa shape index (κ1) is 17.6. The molecule has 5 rings (SSSR count). The number of hydrogen-bond acceptors (Lipinski definition) is 6. The minimum atomic E-state index is -0.107. The molecule has 7 nitrogen and oxygen atoms in total. The second kappa shape index (κ2) is 7.14. The number of pyridine rings is 1. The summed E-state index contributed by atoms with van der Waals surface area (Å²) in [5, 5.41) is 6.87. The lowest BCUT2D eigenvalue weighted by atomic mass is 10.1. The molecular formula is C21H17N5O2S. The number of para-hydroxylation sites is 1. The Morgan fingerprint density at radius 2 is 2.03 bits per heavy atom. The molecule has 0 saturated carbocycles. The van der Waals surface area contributed by atoms with Crippen molar-refractivity contribution in [2.45, 2.75) is 13.0 Å². The number of rotatable bonds is 5. The van der Waals surface area contributed by atoms with Crippen LogP contribution < -0.4 is 10.3 Å². The molecule has 8 heteroatoms. The van der Waals surface area contributed by atoms with Crippen LogP contribution in [-0.4, -0.2) is 31.3 Å². The molecule has 0 N–H and O–H groups in total. The fourth-order valence-corrected chi connectivity index (χ4v) is 4.21. The van der Waals surface area contributed by atoms with E-state index < -0.39 is 0 Å². The average molecular weight is 403 g/mol. The topological polar surface area (TPSA) is 74.3 Å². The van der Waals surface area contributed by atoms with Crippen molar-refractivity contribution in [1.82, 2.24) is 24.1 Å². The van der Waals surface area contributed by atoms with Crippen LogP contribution in [-0.2, 0) is 13.0 Å². The first-order valence-corrected chi connectivity index (χ1v) is 10.0. The van der Waals surface area contributed by atoms with E-state index in [1.807, 2.05) is 41.8 Å². The van der Waals surface area contributed by atoms with Crippen LogP contribution in [0, 0.1) is 0 Å². The van der Waals surface area contributed by atoms with Gasteiger partial charge in [-0.3, -0.25) is 4.79 Å². The van der Waals surface area contributed by atoms with Crippen LogP contribution in [0.15, 0.2) is 65.2 Å². The van der Waals surface area contributed by atoms with Gasteiger partial charge in [-0.2, -0.15) is 14.6 Å². The Bertz CT molecular complexity index is 1370. The molecule has 29 heavy (non-hydrogen) atoms. The van der Waals surface area contributed by atoms with Crippen LogP contribution in [0.1, 0.15) is 4.88 Å². The van der Waals surface area contributed by atoms with Gasteiger partial charge in [0.05, 0.1) is 23.7 Å².